The maximum Gasteiger partial charge on any atom is 0.252 e. The van der Waals surface area contributed by atoms with Gasteiger partial charge in [-0.25, -0.2) is 0 Å². The molecule has 2 nitrogen and oxygen atoms in total. The molecule has 0 spiro atoms. The summed E-state index contributed by atoms with van der Waals surface area (Å²) < 4.78 is 18.0. The summed E-state index contributed by atoms with van der Waals surface area (Å²) in [6.07, 6.45) is 0. The average Bonchev–Trinajstić information content (AvgIpc) is 3.60. The summed E-state index contributed by atoms with van der Waals surface area (Å²) in [5.41, 5.74) is 1.71. The standard InChI is InChI=1S/C62H43Br2O2PSi2/c63-46-36-38-55-44(40-46)42-57(68(49-24-10-2-11-25-49,50-26-12-3-13-27-50)51-28-14-4-15-29-51)61-59(55)60-56-39-37-47(64)41-45(56)43-58(62(60)66-67(65-61)48-22-8-1-9-23-48)69(52-30-16-5-17-31-52,53-32-18-6-19-33-53)54-34-20-7-21-35-54/h1-43H. The molecule has 0 aliphatic rings. The Kier molecular flexibility index (Phi) is 11.5. The van der Waals surface area contributed by atoms with Gasteiger partial charge in [0, 0.05) is 19.7 Å². The molecule has 12 aromatic rings. The summed E-state index contributed by atoms with van der Waals surface area (Å²) in [4.78, 5) is 0. The molecule has 1 aromatic heterocycles. The second-order valence-corrected chi connectivity index (χ2v) is 28.2. The van der Waals surface area contributed by atoms with E-state index in [0.717, 1.165) is 57.7 Å². The fourth-order valence-corrected chi connectivity index (χ4v) is 23.0. The highest BCUT2D eigenvalue weighted by molar-refractivity contribution is 9.10. The third-order valence-corrected chi connectivity index (χ3v) is 25.7. The molecule has 7 heteroatoms. The van der Waals surface area contributed by atoms with E-state index in [1.54, 1.807) is 0 Å². The van der Waals surface area contributed by atoms with Crippen molar-refractivity contribution in [1.29, 1.82) is 0 Å². The molecule has 0 N–H and O–H groups in total. The lowest BCUT2D eigenvalue weighted by Gasteiger charge is -2.35. The maximum absolute atomic E-state index is 7.99. The van der Waals surface area contributed by atoms with E-state index < -0.39 is 24.2 Å². The lowest BCUT2D eigenvalue weighted by Crippen LogP contribution is -2.75. The van der Waals surface area contributed by atoms with Crippen molar-refractivity contribution >= 4 is 141 Å². The summed E-state index contributed by atoms with van der Waals surface area (Å²) >= 11 is 7.90. The van der Waals surface area contributed by atoms with Crippen molar-refractivity contribution in [2.75, 3.05) is 0 Å². The van der Waals surface area contributed by atoms with Crippen LogP contribution in [-0.4, -0.2) is 16.1 Å². The lowest BCUT2D eigenvalue weighted by atomic mass is 9.98. The van der Waals surface area contributed by atoms with E-state index in [1.807, 2.05) is 0 Å². The summed E-state index contributed by atoms with van der Waals surface area (Å²) in [7, 11) is -8.32. The van der Waals surface area contributed by atoms with Gasteiger partial charge in [-0.3, -0.25) is 0 Å². The van der Waals surface area contributed by atoms with E-state index in [0.29, 0.717) is 0 Å². The zero-order valence-corrected chi connectivity index (χ0v) is 43.4. The maximum atomic E-state index is 7.99. The second kappa shape index (κ2) is 18.3. The van der Waals surface area contributed by atoms with Gasteiger partial charge in [0.15, 0.2) is 16.1 Å². The summed E-state index contributed by atoms with van der Waals surface area (Å²) in [5.74, 6) is 0. The highest BCUT2D eigenvalue weighted by atomic mass is 79.9. The Morgan fingerprint density at radius 3 is 0.870 bits per heavy atom. The van der Waals surface area contributed by atoms with Crippen molar-refractivity contribution in [3.05, 3.63) is 270 Å². The van der Waals surface area contributed by atoms with Gasteiger partial charge < -0.3 is 8.39 Å². The van der Waals surface area contributed by atoms with Crippen molar-refractivity contribution < 1.29 is 8.39 Å². The fraction of sp³-hybridized carbons (Fsp3) is 0. The van der Waals surface area contributed by atoms with Crippen LogP contribution in [0.1, 0.15) is 0 Å². The van der Waals surface area contributed by atoms with Crippen LogP contribution in [0.5, 0.6) is 0 Å². The molecule has 0 saturated carbocycles. The number of hydrogen-bond acceptors (Lipinski definition) is 2. The largest absolute Gasteiger partial charge is 0.416 e. The number of benzene rings is 11. The Hall–Kier alpha value is -6.77. The second-order valence-electron chi connectivity index (χ2n) is 17.5. The minimum Gasteiger partial charge on any atom is -0.416 e. The van der Waals surface area contributed by atoms with Gasteiger partial charge in [0.25, 0.3) is 8.01 Å². The van der Waals surface area contributed by atoms with Crippen LogP contribution in [-0.2, 0) is 0 Å². The van der Waals surface area contributed by atoms with E-state index in [2.05, 4.69) is 293 Å². The normalized spacial score (nSPS) is 11.9. The Balaban J connectivity index is 1.42. The van der Waals surface area contributed by atoms with E-state index in [-0.39, 0.29) is 0 Å². The Bertz CT molecular complexity index is 3420. The Labute approximate surface area is 421 Å². The van der Waals surface area contributed by atoms with Gasteiger partial charge in [-0.15, -0.1) is 0 Å². The van der Waals surface area contributed by atoms with Crippen LogP contribution < -0.4 is 41.5 Å². The predicted molar refractivity (Wildman–Crippen MR) is 305 cm³/mol. The molecule has 69 heavy (non-hydrogen) atoms. The van der Waals surface area contributed by atoms with Gasteiger partial charge in [0.2, 0.25) is 0 Å². The van der Waals surface area contributed by atoms with Gasteiger partial charge in [-0.05, 0) is 99.4 Å². The summed E-state index contributed by atoms with van der Waals surface area (Å²) in [6, 6.07) is 95.9. The molecular weight excluding hydrogens is 1020 g/mol. The van der Waals surface area contributed by atoms with Crippen molar-refractivity contribution in [3.8, 4) is 5.30 Å². The van der Waals surface area contributed by atoms with E-state index >= 15 is 0 Å². The zero-order valence-electron chi connectivity index (χ0n) is 37.3. The molecular formula is C62H43Br2O2PSi2. The highest BCUT2D eigenvalue weighted by Gasteiger charge is 2.46. The number of rotatable bonds is 9. The van der Waals surface area contributed by atoms with Crippen LogP contribution >= 0.6 is 39.9 Å². The van der Waals surface area contributed by atoms with Crippen LogP contribution in [0, 0.1) is 0 Å². The van der Waals surface area contributed by atoms with Crippen LogP contribution in [0.15, 0.2) is 278 Å². The Morgan fingerprint density at radius 1 is 0.304 bits per heavy atom. The van der Waals surface area contributed by atoms with Gasteiger partial charge in [0.05, 0.1) is 5.30 Å². The topological polar surface area (TPSA) is 26.3 Å². The number of hydrogen-bond donors (Lipinski definition) is 0. The fourth-order valence-electron chi connectivity index (χ4n) is 10.9. The van der Waals surface area contributed by atoms with Crippen LogP contribution in [0.2, 0.25) is 0 Å². The smallest absolute Gasteiger partial charge is 0.252 e. The molecule has 11 aromatic carbocycles. The molecule has 1 heterocycles. The molecule has 0 atom stereocenters. The monoisotopic (exact) mass is 1060 g/mol. The van der Waals surface area contributed by atoms with Crippen LogP contribution in [0.4, 0.5) is 0 Å². The predicted octanol–water partition coefficient (Wildman–Crippen LogP) is 12.9. The summed E-state index contributed by atoms with van der Waals surface area (Å²) in [5, 5.41) is 17.4. The first-order chi connectivity index (χ1) is 34.0. The highest BCUT2D eigenvalue weighted by Crippen LogP contribution is 2.46. The van der Waals surface area contributed by atoms with Crippen molar-refractivity contribution in [2.24, 2.45) is 0 Å². The van der Waals surface area contributed by atoms with Crippen molar-refractivity contribution in [3.63, 3.8) is 0 Å². The summed E-state index contributed by atoms with van der Waals surface area (Å²) in [6.45, 7) is 0. The molecule has 0 unspecified atom stereocenters. The SMILES string of the molecule is Brc1ccc2c(c1)cc([Si](c1ccccc1)(c1ccccc1)c1ccccc1)c1op(-c3ccccc3)oc3c([Si](c4ccccc4)(c4ccccc4)c4ccccc4)cc4cc(Br)ccc4c3c12. The average molecular weight is 1070 g/mol. The Morgan fingerprint density at radius 2 is 0.580 bits per heavy atom. The minimum absolute atomic E-state index is 0.856. The van der Waals surface area contributed by atoms with Crippen molar-refractivity contribution in [2.45, 2.75) is 0 Å². The number of fused-ring (bicyclic) bond motifs is 7. The van der Waals surface area contributed by atoms with Gasteiger partial charge in [-0.1, -0.05) is 256 Å². The molecule has 0 fully saturated rings. The zero-order chi connectivity index (χ0) is 46.4. The molecule has 0 aliphatic heterocycles. The molecule has 12 rings (SSSR count). The van der Waals surface area contributed by atoms with Gasteiger partial charge >= 0.3 is 0 Å². The third-order valence-electron chi connectivity index (χ3n) is 13.7. The first-order valence-corrected chi connectivity index (χ1v) is 29.9. The third kappa shape index (κ3) is 7.33. The van der Waals surface area contributed by atoms with E-state index in [1.165, 1.54) is 41.5 Å². The molecule has 0 bridgehead atoms. The van der Waals surface area contributed by atoms with Gasteiger partial charge in [0.1, 0.15) is 11.2 Å². The minimum atomic E-state index is -3.26. The molecule has 330 valence electrons. The quantitative estimate of drug-likeness (QED) is 0.106. The van der Waals surface area contributed by atoms with Crippen molar-refractivity contribution in [1.82, 2.24) is 0 Å². The van der Waals surface area contributed by atoms with Crippen LogP contribution in [0.25, 0.3) is 48.8 Å². The van der Waals surface area contributed by atoms with Crippen LogP contribution in [0.3, 0.4) is 0 Å². The van der Waals surface area contributed by atoms with Gasteiger partial charge in [-0.2, -0.15) is 0 Å². The first-order valence-electron chi connectivity index (χ1n) is 23.1. The van der Waals surface area contributed by atoms with E-state index in [9.17, 15) is 0 Å². The number of halogens is 2. The molecule has 0 amide bonds. The molecule has 0 radical (unpaired) electrons. The van der Waals surface area contributed by atoms with E-state index in [4.69, 9.17) is 8.39 Å². The lowest BCUT2D eigenvalue weighted by molar-refractivity contribution is 0.653. The molecule has 0 aliphatic carbocycles. The first kappa shape index (κ1) is 43.5. The molecule has 0 saturated heterocycles.